The molecule has 2 heterocycles. The highest BCUT2D eigenvalue weighted by Crippen LogP contribution is 2.36. The monoisotopic (exact) mass is 273 g/mol. The molecule has 5 heteroatoms. The maximum Gasteiger partial charge on any atom is 0.223 e. The predicted molar refractivity (Wildman–Crippen MR) is 75.4 cm³/mol. The van der Waals surface area contributed by atoms with Gasteiger partial charge in [0.25, 0.3) is 0 Å². The Bertz CT molecular complexity index is 631. The molecule has 0 unspecified atom stereocenters. The second-order valence-electron chi connectivity index (χ2n) is 4.67. The second kappa shape index (κ2) is 5.45. The van der Waals surface area contributed by atoms with Crippen molar-refractivity contribution in [3.8, 4) is 17.0 Å². The van der Waals surface area contributed by atoms with Crippen LogP contribution in [0.4, 0.5) is 10.3 Å². The number of ether oxygens (including phenoxy) is 1. The van der Waals surface area contributed by atoms with Gasteiger partial charge in [-0.15, -0.1) is 0 Å². The van der Waals surface area contributed by atoms with Gasteiger partial charge >= 0.3 is 0 Å². The number of hydrogen-bond donors (Lipinski definition) is 1. The molecule has 0 spiro atoms. The van der Waals surface area contributed by atoms with Gasteiger partial charge in [0.05, 0.1) is 12.8 Å². The Kier molecular flexibility index (Phi) is 3.50. The average Bonchev–Trinajstić information content (AvgIpc) is 2.49. The summed E-state index contributed by atoms with van der Waals surface area (Å²) < 4.78 is 19.8. The van der Waals surface area contributed by atoms with Crippen LogP contribution in [-0.4, -0.2) is 23.1 Å². The SMILES string of the molecule is CCNc1ncc(F)c(-c2cccc3c2OCCC3)n1. The molecule has 0 atom stereocenters. The van der Waals surface area contributed by atoms with Crippen molar-refractivity contribution in [1.29, 1.82) is 0 Å². The number of fused-ring (bicyclic) bond motifs is 1. The van der Waals surface area contributed by atoms with Gasteiger partial charge in [0.2, 0.25) is 5.95 Å². The molecule has 3 rings (SSSR count). The number of rotatable bonds is 3. The van der Waals surface area contributed by atoms with Crippen molar-refractivity contribution in [2.45, 2.75) is 19.8 Å². The van der Waals surface area contributed by atoms with E-state index < -0.39 is 5.82 Å². The quantitative estimate of drug-likeness (QED) is 0.933. The number of nitrogens with one attached hydrogen (secondary N) is 1. The van der Waals surface area contributed by atoms with E-state index in [1.807, 2.05) is 25.1 Å². The largest absolute Gasteiger partial charge is 0.493 e. The average molecular weight is 273 g/mol. The van der Waals surface area contributed by atoms with Gasteiger partial charge in [-0.05, 0) is 31.4 Å². The van der Waals surface area contributed by atoms with E-state index >= 15 is 0 Å². The number of aromatic nitrogens is 2. The minimum absolute atomic E-state index is 0.287. The topological polar surface area (TPSA) is 47.0 Å². The number of para-hydroxylation sites is 1. The van der Waals surface area contributed by atoms with Gasteiger partial charge in [0, 0.05) is 12.1 Å². The molecule has 104 valence electrons. The van der Waals surface area contributed by atoms with E-state index in [-0.39, 0.29) is 5.69 Å². The highest BCUT2D eigenvalue weighted by Gasteiger charge is 2.19. The van der Waals surface area contributed by atoms with E-state index in [0.717, 1.165) is 24.2 Å². The lowest BCUT2D eigenvalue weighted by Gasteiger charge is -2.20. The highest BCUT2D eigenvalue weighted by atomic mass is 19.1. The van der Waals surface area contributed by atoms with Crippen LogP contribution >= 0.6 is 0 Å². The molecular weight excluding hydrogens is 257 g/mol. The Morgan fingerprint density at radius 1 is 1.40 bits per heavy atom. The first kappa shape index (κ1) is 12.8. The Morgan fingerprint density at radius 2 is 2.30 bits per heavy atom. The first-order valence-corrected chi connectivity index (χ1v) is 6.81. The summed E-state index contributed by atoms with van der Waals surface area (Å²) in [6.45, 7) is 3.30. The number of halogens is 1. The molecule has 1 aliphatic heterocycles. The normalized spacial score (nSPS) is 13.5. The van der Waals surface area contributed by atoms with Crippen molar-refractivity contribution in [1.82, 2.24) is 9.97 Å². The van der Waals surface area contributed by atoms with Crippen LogP contribution in [0.2, 0.25) is 0 Å². The fourth-order valence-corrected chi connectivity index (χ4v) is 2.37. The zero-order chi connectivity index (χ0) is 13.9. The van der Waals surface area contributed by atoms with E-state index in [1.165, 1.54) is 6.20 Å². The molecule has 0 aliphatic carbocycles. The van der Waals surface area contributed by atoms with Gasteiger partial charge in [-0.1, -0.05) is 12.1 Å². The molecule has 1 aliphatic rings. The van der Waals surface area contributed by atoms with Crippen molar-refractivity contribution in [3.63, 3.8) is 0 Å². The van der Waals surface area contributed by atoms with Crippen LogP contribution in [0.5, 0.6) is 5.75 Å². The summed E-state index contributed by atoms with van der Waals surface area (Å²) in [5.41, 5.74) is 2.09. The first-order valence-electron chi connectivity index (χ1n) is 6.81. The summed E-state index contributed by atoms with van der Waals surface area (Å²) in [5, 5.41) is 3.00. The zero-order valence-electron chi connectivity index (χ0n) is 11.3. The van der Waals surface area contributed by atoms with Crippen molar-refractivity contribution in [3.05, 3.63) is 35.8 Å². The minimum Gasteiger partial charge on any atom is -0.493 e. The number of hydrogen-bond acceptors (Lipinski definition) is 4. The van der Waals surface area contributed by atoms with Crippen LogP contribution in [0.3, 0.4) is 0 Å². The second-order valence-corrected chi connectivity index (χ2v) is 4.67. The van der Waals surface area contributed by atoms with E-state index in [1.54, 1.807) is 0 Å². The molecule has 1 aromatic heterocycles. The molecule has 0 amide bonds. The van der Waals surface area contributed by atoms with Gasteiger partial charge in [-0.2, -0.15) is 0 Å². The van der Waals surface area contributed by atoms with E-state index in [2.05, 4.69) is 15.3 Å². The summed E-state index contributed by atoms with van der Waals surface area (Å²) in [4.78, 5) is 8.19. The van der Waals surface area contributed by atoms with Crippen LogP contribution in [-0.2, 0) is 6.42 Å². The zero-order valence-corrected chi connectivity index (χ0v) is 11.3. The smallest absolute Gasteiger partial charge is 0.223 e. The highest BCUT2D eigenvalue weighted by molar-refractivity contribution is 5.70. The van der Waals surface area contributed by atoms with Gasteiger partial charge in [0.1, 0.15) is 11.4 Å². The Balaban J connectivity index is 2.11. The number of benzene rings is 1. The molecular formula is C15H16FN3O. The Morgan fingerprint density at radius 3 is 3.15 bits per heavy atom. The van der Waals surface area contributed by atoms with Crippen LogP contribution in [0, 0.1) is 5.82 Å². The molecule has 0 saturated heterocycles. The molecule has 20 heavy (non-hydrogen) atoms. The maximum absolute atomic E-state index is 14.1. The Hall–Kier alpha value is -2.17. The third-order valence-corrected chi connectivity index (χ3v) is 3.27. The van der Waals surface area contributed by atoms with Gasteiger partial charge < -0.3 is 10.1 Å². The summed E-state index contributed by atoms with van der Waals surface area (Å²) in [6.07, 6.45) is 3.14. The van der Waals surface area contributed by atoms with Crippen LogP contribution in [0.15, 0.2) is 24.4 Å². The standard InChI is InChI=1S/C15H16FN3O/c1-2-17-15-18-9-12(16)13(19-15)11-7-3-5-10-6-4-8-20-14(10)11/h3,5,7,9H,2,4,6,8H2,1H3,(H,17,18,19). The summed E-state index contributed by atoms with van der Waals surface area (Å²) in [6, 6.07) is 5.77. The van der Waals surface area contributed by atoms with Crippen molar-refractivity contribution < 1.29 is 9.13 Å². The molecule has 0 bridgehead atoms. The van der Waals surface area contributed by atoms with E-state index in [0.29, 0.717) is 24.7 Å². The molecule has 0 saturated carbocycles. The Labute approximate surface area is 117 Å². The summed E-state index contributed by atoms with van der Waals surface area (Å²) >= 11 is 0. The summed E-state index contributed by atoms with van der Waals surface area (Å²) in [5.74, 6) is 0.741. The number of nitrogens with zero attached hydrogens (tertiary/aromatic N) is 2. The molecule has 1 aromatic carbocycles. The molecule has 0 radical (unpaired) electrons. The van der Waals surface area contributed by atoms with Crippen LogP contribution < -0.4 is 10.1 Å². The third-order valence-electron chi connectivity index (χ3n) is 3.27. The van der Waals surface area contributed by atoms with E-state index in [4.69, 9.17) is 4.74 Å². The third kappa shape index (κ3) is 2.31. The maximum atomic E-state index is 14.1. The van der Waals surface area contributed by atoms with Gasteiger partial charge in [-0.3, -0.25) is 0 Å². The lowest BCUT2D eigenvalue weighted by Crippen LogP contribution is -2.10. The van der Waals surface area contributed by atoms with Gasteiger partial charge in [0.15, 0.2) is 5.82 Å². The van der Waals surface area contributed by atoms with Gasteiger partial charge in [-0.25, -0.2) is 14.4 Å². The first-order chi connectivity index (χ1) is 9.79. The molecule has 1 N–H and O–H groups in total. The fraction of sp³-hybridized carbons (Fsp3) is 0.333. The molecule has 2 aromatic rings. The lowest BCUT2D eigenvalue weighted by atomic mass is 10.0. The molecule has 4 nitrogen and oxygen atoms in total. The van der Waals surface area contributed by atoms with E-state index in [9.17, 15) is 4.39 Å². The lowest BCUT2D eigenvalue weighted by molar-refractivity contribution is 0.289. The minimum atomic E-state index is -0.436. The van der Waals surface area contributed by atoms with Crippen LogP contribution in [0.25, 0.3) is 11.3 Å². The fourth-order valence-electron chi connectivity index (χ4n) is 2.37. The van der Waals surface area contributed by atoms with Crippen molar-refractivity contribution >= 4 is 5.95 Å². The molecule has 0 fully saturated rings. The number of anilines is 1. The van der Waals surface area contributed by atoms with Crippen molar-refractivity contribution in [2.75, 3.05) is 18.5 Å². The summed E-state index contributed by atoms with van der Waals surface area (Å²) in [7, 11) is 0. The number of aryl methyl sites for hydroxylation is 1. The predicted octanol–water partition coefficient (Wildman–Crippen LogP) is 3.04. The van der Waals surface area contributed by atoms with Crippen LogP contribution in [0.1, 0.15) is 18.9 Å². The van der Waals surface area contributed by atoms with Crippen molar-refractivity contribution in [2.24, 2.45) is 0 Å².